The van der Waals surface area contributed by atoms with Crippen molar-refractivity contribution in [2.24, 2.45) is 0 Å². The maximum absolute atomic E-state index is 12.9. The van der Waals surface area contributed by atoms with Gasteiger partial charge in [-0.25, -0.2) is 4.98 Å². The van der Waals surface area contributed by atoms with E-state index in [1.807, 2.05) is 30.3 Å². The molecule has 31 heavy (non-hydrogen) atoms. The summed E-state index contributed by atoms with van der Waals surface area (Å²) in [7, 11) is 1.67. The molecular formula is C25H25N3O2S. The number of hydrogen-bond donors (Lipinski definition) is 2. The van der Waals surface area contributed by atoms with Crippen LogP contribution in [0.2, 0.25) is 0 Å². The molecule has 0 saturated heterocycles. The molecule has 1 aliphatic carbocycles. The molecule has 2 aromatic heterocycles. The molecule has 5 nitrogen and oxygen atoms in total. The van der Waals surface area contributed by atoms with Crippen molar-refractivity contribution in [3.63, 3.8) is 0 Å². The minimum absolute atomic E-state index is 0.0121. The molecule has 2 N–H and O–H groups in total. The van der Waals surface area contributed by atoms with Crippen molar-refractivity contribution < 1.29 is 4.74 Å². The van der Waals surface area contributed by atoms with Crippen LogP contribution in [0.3, 0.4) is 0 Å². The van der Waals surface area contributed by atoms with Gasteiger partial charge in [0.2, 0.25) is 0 Å². The Bertz CT molecular complexity index is 1250. The highest BCUT2D eigenvalue weighted by molar-refractivity contribution is 7.18. The van der Waals surface area contributed by atoms with E-state index in [-0.39, 0.29) is 11.6 Å². The first-order valence-corrected chi connectivity index (χ1v) is 11.5. The number of aryl methyl sites for hydroxylation is 2. The summed E-state index contributed by atoms with van der Waals surface area (Å²) in [6.07, 6.45) is 4.41. The molecule has 6 heteroatoms. The van der Waals surface area contributed by atoms with Gasteiger partial charge in [0, 0.05) is 4.88 Å². The van der Waals surface area contributed by atoms with Crippen molar-refractivity contribution in [2.75, 3.05) is 7.11 Å². The van der Waals surface area contributed by atoms with Crippen LogP contribution in [0.1, 0.15) is 46.3 Å². The van der Waals surface area contributed by atoms with E-state index in [4.69, 9.17) is 9.72 Å². The number of fused-ring (bicyclic) bond motifs is 3. The van der Waals surface area contributed by atoms with Gasteiger partial charge in [0.1, 0.15) is 16.4 Å². The van der Waals surface area contributed by atoms with Crippen molar-refractivity contribution >= 4 is 21.6 Å². The number of aromatic nitrogens is 2. The number of thiophene rings is 1. The summed E-state index contributed by atoms with van der Waals surface area (Å²) in [6, 6.07) is 18.3. The van der Waals surface area contributed by atoms with Crippen molar-refractivity contribution in [3.8, 4) is 5.75 Å². The molecule has 0 aliphatic heterocycles. The summed E-state index contributed by atoms with van der Waals surface area (Å²) in [5, 5.41) is 4.39. The average molecular weight is 432 g/mol. The molecule has 2 heterocycles. The van der Waals surface area contributed by atoms with Crippen LogP contribution in [0.25, 0.3) is 10.2 Å². The van der Waals surface area contributed by atoms with Gasteiger partial charge in [0.05, 0.1) is 25.1 Å². The van der Waals surface area contributed by atoms with Crippen LogP contribution < -0.4 is 15.6 Å². The molecule has 158 valence electrons. The fourth-order valence-corrected chi connectivity index (χ4v) is 5.64. The van der Waals surface area contributed by atoms with Gasteiger partial charge in [0.15, 0.2) is 0 Å². The summed E-state index contributed by atoms with van der Waals surface area (Å²) in [4.78, 5) is 22.9. The smallest absolute Gasteiger partial charge is 0.259 e. The quantitative estimate of drug-likeness (QED) is 0.462. The zero-order valence-corrected chi connectivity index (χ0v) is 18.3. The van der Waals surface area contributed by atoms with Gasteiger partial charge in [-0.3, -0.25) is 10.1 Å². The molecule has 0 fully saturated rings. The van der Waals surface area contributed by atoms with E-state index in [1.54, 1.807) is 18.4 Å². The van der Waals surface area contributed by atoms with E-state index in [9.17, 15) is 4.79 Å². The Labute approximate surface area is 185 Å². The molecule has 0 saturated carbocycles. The van der Waals surface area contributed by atoms with E-state index in [2.05, 4.69) is 34.6 Å². The second kappa shape index (κ2) is 8.65. The van der Waals surface area contributed by atoms with Gasteiger partial charge in [-0.2, -0.15) is 0 Å². The Hall–Kier alpha value is -2.96. The Balaban J connectivity index is 1.45. The first kappa shape index (κ1) is 20.0. The normalized spacial score (nSPS) is 14.4. The number of rotatable bonds is 6. The summed E-state index contributed by atoms with van der Waals surface area (Å²) in [6.45, 7) is 0.472. The number of ether oxygens (including phenoxy) is 1. The minimum Gasteiger partial charge on any atom is -0.497 e. The van der Waals surface area contributed by atoms with Crippen molar-refractivity contribution in [3.05, 3.63) is 92.3 Å². The first-order valence-electron chi connectivity index (χ1n) is 10.7. The largest absolute Gasteiger partial charge is 0.497 e. The Kier molecular flexibility index (Phi) is 5.57. The highest BCUT2D eigenvalue weighted by Gasteiger charge is 2.20. The minimum atomic E-state index is -0.0235. The van der Waals surface area contributed by atoms with E-state index >= 15 is 0 Å². The Morgan fingerprint density at radius 1 is 1.06 bits per heavy atom. The standard InChI is InChI=1S/C25H25N3O2S/c1-30-18-13-11-17(12-14-18)23(16-7-3-2-4-8-16)26-15-21-27-24(29)22-19-9-5-6-10-20(19)31-25(22)28-21/h2-4,7-8,11-14,23,26H,5-6,9-10,15H2,1H3,(H,27,28,29)/t23-/m1/s1. The Morgan fingerprint density at radius 3 is 2.58 bits per heavy atom. The van der Waals surface area contributed by atoms with Gasteiger partial charge in [0.25, 0.3) is 5.56 Å². The molecule has 2 aromatic carbocycles. The van der Waals surface area contributed by atoms with E-state index in [1.165, 1.54) is 16.9 Å². The Morgan fingerprint density at radius 2 is 1.81 bits per heavy atom. The monoisotopic (exact) mass is 431 g/mol. The van der Waals surface area contributed by atoms with Crippen molar-refractivity contribution in [1.29, 1.82) is 0 Å². The average Bonchev–Trinajstić information content (AvgIpc) is 3.19. The third-order valence-electron chi connectivity index (χ3n) is 5.93. The first-order chi connectivity index (χ1) is 15.2. The predicted molar refractivity (Wildman–Crippen MR) is 125 cm³/mol. The fraction of sp³-hybridized carbons (Fsp3) is 0.280. The number of nitrogens with zero attached hydrogens (tertiary/aromatic N) is 1. The van der Waals surface area contributed by atoms with Crippen LogP contribution >= 0.6 is 11.3 Å². The second-order valence-electron chi connectivity index (χ2n) is 7.90. The van der Waals surface area contributed by atoms with Gasteiger partial charge in [-0.1, -0.05) is 42.5 Å². The zero-order valence-electron chi connectivity index (χ0n) is 17.5. The molecule has 1 atom stereocenters. The topological polar surface area (TPSA) is 67.0 Å². The lowest BCUT2D eigenvalue weighted by atomic mass is 9.97. The third kappa shape index (κ3) is 4.01. The number of H-pyrrole nitrogens is 1. The summed E-state index contributed by atoms with van der Waals surface area (Å²) in [5.41, 5.74) is 3.49. The fourth-order valence-electron chi connectivity index (χ4n) is 4.36. The lowest BCUT2D eigenvalue weighted by Crippen LogP contribution is -2.25. The molecule has 1 aliphatic rings. The number of benzene rings is 2. The van der Waals surface area contributed by atoms with Crippen LogP contribution in [-0.2, 0) is 19.4 Å². The molecule has 0 spiro atoms. The summed E-state index contributed by atoms with van der Waals surface area (Å²) < 4.78 is 5.30. The molecule has 0 unspecified atom stereocenters. The summed E-state index contributed by atoms with van der Waals surface area (Å²) in [5.74, 6) is 1.50. The predicted octanol–water partition coefficient (Wildman–Crippen LogP) is 4.75. The number of hydrogen-bond acceptors (Lipinski definition) is 5. The molecule has 4 aromatic rings. The lowest BCUT2D eigenvalue weighted by Gasteiger charge is -2.20. The SMILES string of the molecule is COc1ccc([C@H](NCc2nc3sc4c(c3c(=O)[nH]2)CCCC4)c2ccccc2)cc1. The third-order valence-corrected chi connectivity index (χ3v) is 7.12. The van der Waals surface area contributed by atoms with Gasteiger partial charge < -0.3 is 9.72 Å². The van der Waals surface area contributed by atoms with Crippen molar-refractivity contribution in [1.82, 2.24) is 15.3 Å². The highest BCUT2D eigenvalue weighted by Crippen LogP contribution is 2.33. The maximum Gasteiger partial charge on any atom is 0.259 e. The number of nitrogens with one attached hydrogen (secondary N) is 2. The number of aromatic amines is 1. The van der Waals surface area contributed by atoms with Crippen LogP contribution in [0.4, 0.5) is 0 Å². The zero-order chi connectivity index (χ0) is 21.2. The van der Waals surface area contributed by atoms with Crippen LogP contribution in [-0.4, -0.2) is 17.1 Å². The molecule has 0 amide bonds. The molecule has 5 rings (SSSR count). The van der Waals surface area contributed by atoms with Crippen LogP contribution in [0, 0.1) is 0 Å². The summed E-state index contributed by atoms with van der Waals surface area (Å²) >= 11 is 1.69. The second-order valence-corrected chi connectivity index (χ2v) is 8.99. The van der Waals surface area contributed by atoms with Gasteiger partial charge >= 0.3 is 0 Å². The van der Waals surface area contributed by atoms with E-state index in [0.717, 1.165) is 46.4 Å². The maximum atomic E-state index is 12.9. The molecule has 0 radical (unpaired) electrons. The molecule has 0 bridgehead atoms. The van der Waals surface area contributed by atoms with E-state index in [0.29, 0.717) is 12.4 Å². The van der Waals surface area contributed by atoms with E-state index < -0.39 is 0 Å². The lowest BCUT2D eigenvalue weighted by molar-refractivity contribution is 0.414. The van der Waals surface area contributed by atoms with Gasteiger partial charge in [-0.15, -0.1) is 11.3 Å². The van der Waals surface area contributed by atoms with Crippen LogP contribution in [0.5, 0.6) is 5.75 Å². The number of methoxy groups -OCH3 is 1. The van der Waals surface area contributed by atoms with Gasteiger partial charge in [-0.05, 0) is 54.5 Å². The highest BCUT2D eigenvalue weighted by atomic mass is 32.1. The van der Waals surface area contributed by atoms with Crippen molar-refractivity contribution in [2.45, 2.75) is 38.3 Å². The molecular weight excluding hydrogens is 406 g/mol. The van der Waals surface area contributed by atoms with Crippen LogP contribution in [0.15, 0.2) is 59.4 Å².